The van der Waals surface area contributed by atoms with E-state index in [2.05, 4.69) is 15.6 Å². The van der Waals surface area contributed by atoms with Crippen molar-refractivity contribution in [3.05, 3.63) is 70.5 Å². The first kappa shape index (κ1) is 46.2. The zero-order valence-electron chi connectivity index (χ0n) is 34.5. The minimum atomic E-state index is -4.85. The van der Waals surface area contributed by atoms with Crippen LogP contribution in [0.2, 0.25) is 0 Å². The summed E-state index contributed by atoms with van der Waals surface area (Å²) in [6.45, 7) is 5.98. The molecule has 0 saturated carbocycles. The molecule has 63 heavy (non-hydrogen) atoms. The molecule has 3 aliphatic heterocycles. The fourth-order valence-corrected chi connectivity index (χ4v) is 7.15. The van der Waals surface area contributed by atoms with Crippen LogP contribution in [-0.4, -0.2) is 131 Å². The summed E-state index contributed by atoms with van der Waals surface area (Å²) >= 11 is 0. The second kappa shape index (κ2) is 20.3. The van der Waals surface area contributed by atoms with Gasteiger partial charge in [-0.1, -0.05) is 11.3 Å². The molecule has 0 radical (unpaired) electrons. The molecule has 2 saturated heterocycles. The Bertz CT molecular complexity index is 2260. The van der Waals surface area contributed by atoms with Crippen molar-refractivity contribution in [3.8, 4) is 11.8 Å². The van der Waals surface area contributed by atoms with Gasteiger partial charge in [0.25, 0.3) is 17.7 Å². The molecule has 1 atom stereocenters. The number of unbranched alkanes of at least 4 members (excludes halogenated alkanes) is 1. The molecule has 336 valence electrons. The molecule has 22 heteroatoms. The van der Waals surface area contributed by atoms with E-state index in [0.717, 1.165) is 21.9 Å². The van der Waals surface area contributed by atoms with Crippen molar-refractivity contribution < 1.29 is 65.6 Å². The highest BCUT2D eigenvalue weighted by Crippen LogP contribution is 2.38. The van der Waals surface area contributed by atoms with Crippen LogP contribution in [0.25, 0.3) is 0 Å². The molecule has 3 aliphatic rings. The summed E-state index contributed by atoms with van der Waals surface area (Å²) < 4.78 is 70.2. The van der Waals surface area contributed by atoms with Crippen molar-refractivity contribution in [2.24, 2.45) is 0 Å². The van der Waals surface area contributed by atoms with Gasteiger partial charge in [0.15, 0.2) is 0 Å². The number of nitriles is 1. The van der Waals surface area contributed by atoms with Crippen molar-refractivity contribution in [2.45, 2.75) is 70.4 Å². The first-order valence-electron chi connectivity index (χ1n) is 20.1. The van der Waals surface area contributed by atoms with E-state index in [1.54, 1.807) is 23.0 Å². The third-order valence-corrected chi connectivity index (χ3v) is 10.4. The zero-order chi connectivity index (χ0) is 45.3. The molecule has 4 heterocycles. The Labute approximate surface area is 358 Å². The highest BCUT2D eigenvalue weighted by Gasteiger charge is 2.52. The number of halogens is 3. The third kappa shape index (κ3) is 10.7. The average molecular weight is 883 g/mol. The number of amides is 7. The molecule has 2 aromatic carbocycles. The number of benzene rings is 2. The third-order valence-electron chi connectivity index (χ3n) is 10.4. The Kier molecular flexibility index (Phi) is 14.9. The Morgan fingerprint density at radius 1 is 0.873 bits per heavy atom. The lowest BCUT2D eigenvalue weighted by Crippen LogP contribution is -2.54. The maximum Gasteiger partial charge on any atom is 0.417 e. The minimum Gasteiger partial charge on any atom is -0.490 e. The lowest BCUT2D eigenvalue weighted by molar-refractivity contribution is -0.138. The Hall–Kier alpha value is -6.28. The van der Waals surface area contributed by atoms with Crippen LogP contribution in [0.1, 0.15) is 77.1 Å². The fraction of sp³-hybridized carbons (Fsp3) is 0.488. The molecule has 2 fully saturated rings. The van der Waals surface area contributed by atoms with E-state index in [0.29, 0.717) is 64.2 Å². The molecule has 1 N–H and O–H groups in total. The summed E-state index contributed by atoms with van der Waals surface area (Å²) in [5.41, 5.74) is -2.62. The molecule has 6 rings (SSSR count). The second-order valence-electron chi connectivity index (χ2n) is 15.0. The number of hydrogen-bond acceptors (Lipinski definition) is 14. The van der Waals surface area contributed by atoms with Crippen LogP contribution < -0.4 is 15.0 Å². The molecule has 19 nitrogen and oxygen atoms in total. The van der Waals surface area contributed by atoms with E-state index in [4.69, 9.17) is 28.9 Å². The number of nitrogens with one attached hydrogen (secondary N) is 1. The molecule has 0 spiro atoms. The van der Waals surface area contributed by atoms with Gasteiger partial charge in [-0.3, -0.25) is 38.9 Å². The first-order chi connectivity index (χ1) is 30.1. The quantitative estimate of drug-likeness (QED) is 0.0869. The summed E-state index contributed by atoms with van der Waals surface area (Å²) in [5, 5.41) is 19.4. The lowest BCUT2D eigenvalue weighted by atomic mass is 10.0. The molecule has 7 amide bonds. The van der Waals surface area contributed by atoms with Gasteiger partial charge in [-0.25, -0.2) is 9.69 Å². The van der Waals surface area contributed by atoms with E-state index in [1.807, 2.05) is 0 Å². The number of rotatable bonds is 22. The van der Waals surface area contributed by atoms with Gasteiger partial charge in [0, 0.05) is 19.5 Å². The van der Waals surface area contributed by atoms with Gasteiger partial charge in [-0.2, -0.15) is 18.4 Å². The molecular weight excluding hydrogens is 837 g/mol. The molecule has 0 bridgehead atoms. The highest BCUT2D eigenvalue weighted by molar-refractivity contribution is 6.25. The number of anilines is 1. The predicted octanol–water partition coefficient (Wildman–Crippen LogP) is 3.24. The Morgan fingerprint density at radius 3 is 2.21 bits per heavy atom. The maximum atomic E-state index is 13.6. The molecule has 3 aromatic rings. The van der Waals surface area contributed by atoms with Gasteiger partial charge in [0.1, 0.15) is 29.6 Å². The van der Waals surface area contributed by atoms with Crippen molar-refractivity contribution in [1.29, 1.82) is 5.26 Å². The number of alkyl halides is 3. The minimum absolute atomic E-state index is 0.0241. The maximum absolute atomic E-state index is 13.6. The number of carbonyl (C=O) groups excluding carboxylic acids is 6. The van der Waals surface area contributed by atoms with Gasteiger partial charge >= 0.3 is 12.2 Å². The smallest absolute Gasteiger partial charge is 0.417 e. The van der Waals surface area contributed by atoms with Gasteiger partial charge in [-0.15, -0.1) is 5.10 Å². The molecule has 1 aromatic heterocycles. The van der Waals surface area contributed by atoms with Crippen molar-refractivity contribution in [1.82, 2.24) is 30.1 Å². The van der Waals surface area contributed by atoms with Crippen LogP contribution in [0, 0.1) is 11.3 Å². The fourth-order valence-electron chi connectivity index (χ4n) is 7.15. The van der Waals surface area contributed by atoms with Crippen LogP contribution in [0.3, 0.4) is 0 Å². The van der Waals surface area contributed by atoms with Gasteiger partial charge in [0.05, 0.1) is 93.1 Å². The van der Waals surface area contributed by atoms with Crippen LogP contribution in [0.15, 0.2) is 42.6 Å². The van der Waals surface area contributed by atoms with E-state index < -0.39 is 64.5 Å². The van der Waals surface area contributed by atoms with Gasteiger partial charge < -0.3 is 28.6 Å². The van der Waals surface area contributed by atoms with Crippen molar-refractivity contribution in [3.63, 3.8) is 0 Å². The number of aromatic nitrogens is 3. The summed E-state index contributed by atoms with van der Waals surface area (Å²) in [4.78, 5) is 79.4. The molecular formula is C41H45F3N8O11. The number of imide groups is 3. The van der Waals surface area contributed by atoms with Gasteiger partial charge in [-0.05, 0) is 63.4 Å². The topological polar surface area (TPSA) is 225 Å². The highest BCUT2D eigenvalue weighted by atomic mass is 19.4. The second-order valence-corrected chi connectivity index (χ2v) is 15.0. The van der Waals surface area contributed by atoms with Crippen LogP contribution in [0.4, 0.5) is 23.7 Å². The SMILES string of the molecule is CC1(C)C(=O)N(c2ccc(C#N)c(C(F)(F)F)c2)C(=O)N1CCCCn1cc(COCCOCCOCCOCCOc2cccc3c2C(=O)N(C2CCC(=O)NC2=O)C3=O)nn1. The number of fused-ring (bicyclic) bond motifs is 1. The average Bonchev–Trinajstić information content (AvgIpc) is 3.85. The number of urea groups is 1. The number of nitrogens with zero attached hydrogens (tertiary/aromatic N) is 7. The summed E-state index contributed by atoms with van der Waals surface area (Å²) in [7, 11) is 0. The van der Waals surface area contributed by atoms with E-state index in [-0.39, 0.29) is 68.4 Å². The largest absolute Gasteiger partial charge is 0.490 e. The van der Waals surface area contributed by atoms with Crippen LogP contribution in [-0.2, 0) is 52.7 Å². The summed E-state index contributed by atoms with van der Waals surface area (Å²) in [6.07, 6.45) is -2.02. The number of aryl methyl sites for hydroxylation is 1. The predicted molar refractivity (Wildman–Crippen MR) is 210 cm³/mol. The van der Waals surface area contributed by atoms with E-state index in [1.165, 1.54) is 30.9 Å². The van der Waals surface area contributed by atoms with Crippen molar-refractivity contribution >= 4 is 41.3 Å². The van der Waals surface area contributed by atoms with Crippen molar-refractivity contribution in [2.75, 3.05) is 64.3 Å². The number of carbonyl (C=O) groups is 6. The Balaban J connectivity index is 0.789. The number of ether oxygens (including phenoxy) is 5. The van der Waals surface area contributed by atoms with E-state index >= 15 is 0 Å². The van der Waals surface area contributed by atoms with E-state index in [9.17, 15) is 41.9 Å². The normalized spacial score (nSPS) is 17.5. The summed E-state index contributed by atoms with van der Waals surface area (Å²) in [6, 6.07) is 7.04. The first-order valence-corrected chi connectivity index (χ1v) is 20.1. The monoisotopic (exact) mass is 882 g/mol. The number of piperidine rings is 1. The molecule has 0 aliphatic carbocycles. The zero-order valence-corrected chi connectivity index (χ0v) is 34.5. The summed E-state index contributed by atoms with van der Waals surface area (Å²) in [5.74, 6) is -2.89. The molecule has 1 unspecified atom stereocenters. The standard InChI is InChI=1S/C41H45F3N8O11/c1-40(2)38(57)51(28-9-8-26(23-45)30(22-28)41(42,43)44)39(58)50(40)13-4-3-12-49-24-27(47-48-49)25-62-19-18-60-15-14-59-16-17-61-20-21-63-32-7-5-6-29-34(32)37(56)52(36(29)55)31-10-11-33(53)46-35(31)54/h5-9,22,24,31H,3-4,10-21,25H2,1-2H3,(H,46,53,54). The Morgan fingerprint density at radius 2 is 1.54 bits per heavy atom. The van der Waals surface area contributed by atoms with Gasteiger partial charge in [0.2, 0.25) is 11.8 Å². The number of hydrogen-bond donors (Lipinski definition) is 1. The van der Waals surface area contributed by atoms with Crippen LogP contribution >= 0.6 is 0 Å². The van der Waals surface area contributed by atoms with Crippen LogP contribution in [0.5, 0.6) is 5.75 Å². The lowest BCUT2D eigenvalue weighted by Gasteiger charge is -2.27.